The first-order chi connectivity index (χ1) is 13.1. The van der Waals surface area contributed by atoms with Crippen LogP contribution in [-0.4, -0.2) is 42.2 Å². The fraction of sp³-hybridized carbons (Fsp3) is 0.333. The Bertz CT molecular complexity index is 964. The highest BCUT2D eigenvalue weighted by atomic mass is 31.2. The molecule has 28 heavy (non-hydrogen) atoms. The minimum absolute atomic E-state index is 0.00959. The largest absolute Gasteiger partial charge is 0.385 e. The van der Waals surface area contributed by atoms with Crippen molar-refractivity contribution in [1.29, 1.82) is 0 Å². The van der Waals surface area contributed by atoms with Gasteiger partial charge in [0.25, 0.3) is 5.56 Å². The molecule has 0 aliphatic carbocycles. The summed E-state index contributed by atoms with van der Waals surface area (Å²) in [5.41, 5.74) is 14.0. The third kappa shape index (κ3) is 6.14. The molecule has 9 nitrogen and oxygen atoms in total. The monoisotopic (exact) mass is 406 g/mol. The molecule has 0 aliphatic rings. The number of hydrogen-bond donors (Lipinski definition) is 5. The first-order valence-electron chi connectivity index (χ1n) is 8.75. The molecule has 10 heteroatoms. The molecule has 0 saturated carbocycles. The van der Waals surface area contributed by atoms with Crippen molar-refractivity contribution in [3.05, 3.63) is 45.5 Å². The lowest BCUT2D eigenvalue weighted by molar-refractivity contribution is 0.496. The Labute approximate surface area is 163 Å². The minimum atomic E-state index is -3.22. The number of rotatable bonds is 8. The number of nitrogens with two attached hydrogens (primary N) is 2. The number of nitrogens with zero attached hydrogens (tertiary/aromatic N) is 2. The van der Waals surface area contributed by atoms with Gasteiger partial charge >= 0.3 is 0 Å². The molecule has 2 rings (SSSR count). The van der Waals surface area contributed by atoms with Gasteiger partial charge in [-0.05, 0) is 36.6 Å². The number of H-pyrrole nitrogens is 1. The maximum absolute atomic E-state index is 11.9. The highest BCUT2D eigenvalue weighted by Crippen LogP contribution is 2.38. The molecule has 7 N–H and O–H groups in total. The van der Waals surface area contributed by atoms with Gasteiger partial charge in [0.2, 0.25) is 13.3 Å². The van der Waals surface area contributed by atoms with E-state index in [1.165, 1.54) is 12.5 Å². The second-order valence-corrected chi connectivity index (χ2v) is 8.96. The van der Waals surface area contributed by atoms with E-state index < -0.39 is 7.37 Å². The lowest BCUT2D eigenvalue weighted by Crippen LogP contribution is -2.20. The maximum Gasteiger partial charge on any atom is 0.257 e. The fourth-order valence-electron chi connectivity index (χ4n) is 2.67. The van der Waals surface area contributed by atoms with E-state index in [9.17, 15) is 14.3 Å². The normalized spacial score (nSPS) is 13.4. The van der Waals surface area contributed by atoms with Gasteiger partial charge in [0.1, 0.15) is 5.82 Å². The van der Waals surface area contributed by atoms with E-state index in [-0.39, 0.29) is 17.3 Å². The SMILES string of the molecule is CN(C)c1cc(NCCCc2c(N)nc(N)[nH]c2=O)ccc1/C=C/P(C)(=O)O. The van der Waals surface area contributed by atoms with Crippen LogP contribution >= 0.6 is 7.37 Å². The summed E-state index contributed by atoms with van der Waals surface area (Å²) in [6.45, 7) is 1.93. The quantitative estimate of drug-likeness (QED) is 0.329. The first-order valence-corrected chi connectivity index (χ1v) is 10.9. The highest BCUT2D eigenvalue weighted by molar-refractivity contribution is 7.60. The fourth-order valence-corrected chi connectivity index (χ4v) is 3.11. The molecule has 0 saturated heterocycles. The Kier molecular flexibility index (Phi) is 6.88. The van der Waals surface area contributed by atoms with Crippen LogP contribution in [0.5, 0.6) is 0 Å². The molecular formula is C18H27N6O3P. The van der Waals surface area contributed by atoms with E-state index in [0.717, 1.165) is 16.9 Å². The summed E-state index contributed by atoms with van der Waals surface area (Å²) in [4.78, 5) is 29.6. The molecule has 0 amide bonds. The predicted molar refractivity (Wildman–Crippen MR) is 116 cm³/mol. The molecule has 0 fully saturated rings. The van der Waals surface area contributed by atoms with Crippen LogP contribution in [0.1, 0.15) is 17.5 Å². The zero-order valence-electron chi connectivity index (χ0n) is 16.3. The average molecular weight is 406 g/mol. The summed E-state index contributed by atoms with van der Waals surface area (Å²) in [5.74, 6) is 1.49. The summed E-state index contributed by atoms with van der Waals surface area (Å²) in [6, 6.07) is 5.75. The number of aromatic nitrogens is 2. The van der Waals surface area contributed by atoms with Crippen molar-refractivity contribution in [3.8, 4) is 0 Å². The summed E-state index contributed by atoms with van der Waals surface area (Å²) in [7, 11) is 0.592. The molecule has 1 unspecified atom stereocenters. The zero-order valence-corrected chi connectivity index (χ0v) is 17.2. The summed E-state index contributed by atoms with van der Waals surface area (Å²) < 4.78 is 11.5. The van der Waals surface area contributed by atoms with Gasteiger partial charge in [0.15, 0.2) is 0 Å². The topological polar surface area (TPSA) is 150 Å². The van der Waals surface area contributed by atoms with Crippen molar-refractivity contribution in [2.75, 3.05) is 49.0 Å². The number of nitrogens with one attached hydrogen (secondary N) is 2. The van der Waals surface area contributed by atoms with Crippen molar-refractivity contribution in [2.24, 2.45) is 0 Å². The van der Waals surface area contributed by atoms with Crippen LogP contribution in [0.15, 0.2) is 28.8 Å². The van der Waals surface area contributed by atoms with Crippen molar-refractivity contribution in [3.63, 3.8) is 0 Å². The van der Waals surface area contributed by atoms with Crippen LogP contribution in [0, 0.1) is 0 Å². The van der Waals surface area contributed by atoms with E-state index in [1.807, 2.05) is 37.2 Å². The second-order valence-electron chi connectivity index (χ2n) is 6.77. The lowest BCUT2D eigenvalue weighted by atomic mass is 10.1. The third-order valence-corrected chi connectivity index (χ3v) is 4.74. The molecule has 152 valence electrons. The van der Waals surface area contributed by atoms with Crippen molar-refractivity contribution in [1.82, 2.24) is 9.97 Å². The summed E-state index contributed by atoms with van der Waals surface area (Å²) >= 11 is 0. The molecule has 0 bridgehead atoms. The molecule has 0 radical (unpaired) electrons. The Morgan fingerprint density at radius 1 is 1.36 bits per heavy atom. The van der Waals surface area contributed by atoms with Crippen LogP contribution < -0.4 is 27.2 Å². The van der Waals surface area contributed by atoms with E-state index in [4.69, 9.17) is 11.5 Å². The molecule has 1 heterocycles. The smallest absolute Gasteiger partial charge is 0.257 e. The molecule has 1 atom stereocenters. The van der Waals surface area contributed by atoms with Crippen LogP contribution in [0.3, 0.4) is 0 Å². The standard InChI is InChI=1S/C18H27N6O3P/c1-24(2)15-11-13(7-6-12(15)8-10-28(3,26)27)21-9-4-5-14-16(19)22-18(20)23-17(14)25/h6-8,10-11,21H,4-5,9H2,1-3H3,(H,26,27)(H5,19,20,22,23,25)/b10-8+. The molecular weight excluding hydrogens is 379 g/mol. The Morgan fingerprint density at radius 3 is 2.68 bits per heavy atom. The van der Waals surface area contributed by atoms with Crippen LogP contribution in [0.25, 0.3) is 6.08 Å². The molecule has 0 spiro atoms. The predicted octanol–water partition coefficient (Wildman–Crippen LogP) is 1.92. The van der Waals surface area contributed by atoms with Crippen molar-refractivity contribution < 1.29 is 9.46 Å². The van der Waals surface area contributed by atoms with Gasteiger partial charge < -0.3 is 26.6 Å². The van der Waals surface area contributed by atoms with Gasteiger partial charge in [-0.2, -0.15) is 4.98 Å². The number of aromatic amines is 1. The zero-order chi connectivity index (χ0) is 20.9. The average Bonchev–Trinajstić information content (AvgIpc) is 2.58. The lowest BCUT2D eigenvalue weighted by Gasteiger charge is -2.18. The van der Waals surface area contributed by atoms with E-state index in [2.05, 4.69) is 15.3 Å². The third-order valence-electron chi connectivity index (χ3n) is 4.04. The van der Waals surface area contributed by atoms with Gasteiger partial charge in [-0.1, -0.05) is 6.07 Å². The molecule has 1 aromatic carbocycles. The van der Waals surface area contributed by atoms with Crippen LogP contribution in [0.2, 0.25) is 0 Å². The first kappa shape index (κ1) is 21.5. The van der Waals surface area contributed by atoms with Gasteiger partial charge in [-0.3, -0.25) is 14.3 Å². The van der Waals surface area contributed by atoms with Crippen LogP contribution in [0.4, 0.5) is 23.1 Å². The van der Waals surface area contributed by atoms with Crippen molar-refractivity contribution in [2.45, 2.75) is 12.8 Å². The summed E-state index contributed by atoms with van der Waals surface area (Å²) in [6.07, 6.45) is 2.81. The van der Waals surface area contributed by atoms with Gasteiger partial charge in [-0.15, -0.1) is 0 Å². The molecule has 0 aliphatic heterocycles. The van der Waals surface area contributed by atoms with Gasteiger partial charge in [0, 0.05) is 44.5 Å². The number of benzene rings is 1. The number of anilines is 4. The van der Waals surface area contributed by atoms with Gasteiger partial charge in [0.05, 0.1) is 5.56 Å². The van der Waals surface area contributed by atoms with E-state index in [0.29, 0.717) is 24.9 Å². The van der Waals surface area contributed by atoms with E-state index in [1.54, 1.807) is 6.08 Å². The van der Waals surface area contributed by atoms with Crippen LogP contribution in [-0.2, 0) is 11.0 Å². The van der Waals surface area contributed by atoms with E-state index >= 15 is 0 Å². The summed E-state index contributed by atoms with van der Waals surface area (Å²) in [5, 5.41) is 3.31. The highest BCUT2D eigenvalue weighted by Gasteiger charge is 2.09. The minimum Gasteiger partial charge on any atom is -0.385 e. The Hall–Kier alpha value is -2.77. The molecule has 1 aromatic heterocycles. The Balaban J connectivity index is 2.03. The maximum atomic E-state index is 11.9. The molecule has 2 aromatic rings. The van der Waals surface area contributed by atoms with Crippen molar-refractivity contribution >= 4 is 36.6 Å². The number of nitrogen functional groups attached to an aromatic ring is 2. The Morgan fingerprint density at radius 2 is 2.07 bits per heavy atom. The van der Waals surface area contributed by atoms with Gasteiger partial charge in [-0.25, -0.2) is 0 Å². The second kappa shape index (κ2) is 8.95. The number of hydrogen-bond acceptors (Lipinski definition) is 7.